The van der Waals surface area contributed by atoms with Crippen LogP contribution >= 0.6 is 11.6 Å². The number of alkyl halides is 1. The van der Waals surface area contributed by atoms with E-state index in [1.54, 1.807) is 18.2 Å². The summed E-state index contributed by atoms with van der Waals surface area (Å²) in [6, 6.07) is 9.21. The molecule has 0 spiro atoms. The molecule has 0 amide bonds. The van der Waals surface area contributed by atoms with Gasteiger partial charge in [-0.15, -0.1) is 11.6 Å². The van der Waals surface area contributed by atoms with E-state index < -0.39 is 21.9 Å². The number of hydrogen-bond donors (Lipinski definition) is 0. The van der Waals surface area contributed by atoms with E-state index in [9.17, 15) is 18.9 Å². The summed E-state index contributed by atoms with van der Waals surface area (Å²) in [4.78, 5) is 10.4. The van der Waals surface area contributed by atoms with Crippen molar-refractivity contribution in [3.63, 3.8) is 0 Å². The monoisotopic (exact) mass is 297 g/mol. The molecule has 2 aromatic rings. The van der Waals surface area contributed by atoms with Crippen LogP contribution in [0.3, 0.4) is 0 Å². The lowest BCUT2D eigenvalue weighted by atomic mass is 10.0. The van der Waals surface area contributed by atoms with Gasteiger partial charge in [-0.05, 0) is 12.5 Å². The highest BCUT2D eigenvalue weighted by molar-refractivity contribution is 6.21. The molecule has 0 aliphatic heterocycles. The van der Waals surface area contributed by atoms with E-state index in [1.165, 1.54) is 12.1 Å². The highest BCUT2D eigenvalue weighted by Gasteiger charge is 2.19. The molecule has 2 rings (SSSR count). The number of para-hydroxylation sites is 1. The molecule has 0 aliphatic rings. The van der Waals surface area contributed by atoms with Crippen LogP contribution in [0.2, 0.25) is 0 Å². The molecule has 1 atom stereocenters. The lowest BCUT2D eigenvalue weighted by Crippen LogP contribution is -2.02. The summed E-state index contributed by atoms with van der Waals surface area (Å²) >= 11 is 6.09. The first-order chi connectivity index (χ1) is 9.49. The zero-order valence-electron chi connectivity index (χ0n) is 10.2. The number of benzene rings is 2. The average Bonchev–Trinajstić information content (AvgIpc) is 2.38. The molecule has 2 aromatic carbocycles. The molecule has 0 fully saturated rings. The highest BCUT2D eigenvalue weighted by atomic mass is 35.5. The van der Waals surface area contributed by atoms with E-state index in [0.29, 0.717) is 5.56 Å². The Morgan fingerprint density at radius 1 is 1.20 bits per heavy atom. The summed E-state index contributed by atoms with van der Waals surface area (Å²) in [6.07, 6.45) is 0.0846. The zero-order chi connectivity index (χ0) is 14.7. The number of nitro benzene ring substituents is 1. The summed E-state index contributed by atoms with van der Waals surface area (Å²) < 4.78 is 26.4. The number of halogens is 3. The lowest BCUT2D eigenvalue weighted by Gasteiger charge is -2.11. The lowest BCUT2D eigenvalue weighted by molar-refractivity contribution is -0.385. The van der Waals surface area contributed by atoms with Gasteiger partial charge < -0.3 is 0 Å². The van der Waals surface area contributed by atoms with Crippen molar-refractivity contribution in [3.05, 3.63) is 75.3 Å². The first-order valence-electron chi connectivity index (χ1n) is 5.80. The molecular weight excluding hydrogens is 288 g/mol. The normalized spacial score (nSPS) is 12.2. The average molecular weight is 298 g/mol. The van der Waals surface area contributed by atoms with Crippen LogP contribution < -0.4 is 0 Å². The Kier molecular flexibility index (Phi) is 4.29. The Balaban J connectivity index is 2.28. The maximum Gasteiger partial charge on any atom is 0.272 e. The number of nitro groups is 1. The van der Waals surface area contributed by atoms with Crippen molar-refractivity contribution in [1.82, 2.24) is 0 Å². The molecule has 0 heterocycles. The third-order valence-corrected chi connectivity index (χ3v) is 3.28. The number of hydrogen-bond acceptors (Lipinski definition) is 2. The minimum Gasteiger partial charge on any atom is -0.258 e. The maximum atomic E-state index is 13.6. The molecule has 0 N–H and O–H groups in total. The van der Waals surface area contributed by atoms with Gasteiger partial charge in [-0.2, -0.15) is 0 Å². The first kappa shape index (κ1) is 14.4. The third kappa shape index (κ3) is 3.11. The van der Waals surface area contributed by atoms with Gasteiger partial charge in [0.1, 0.15) is 11.6 Å². The van der Waals surface area contributed by atoms with Gasteiger partial charge in [0.15, 0.2) is 0 Å². The molecule has 104 valence electrons. The quantitative estimate of drug-likeness (QED) is 0.477. The van der Waals surface area contributed by atoms with Crippen molar-refractivity contribution in [2.24, 2.45) is 0 Å². The second-order valence-corrected chi connectivity index (χ2v) is 4.75. The predicted molar refractivity (Wildman–Crippen MR) is 71.8 cm³/mol. The molecule has 0 radical (unpaired) electrons. The van der Waals surface area contributed by atoms with Gasteiger partial charge in [0.25, 0.3) is 5.69 Å². The number of rotatable bonds is 4. The SMILES string of the molecule is O=[N+]([O-])c1ccccc1CC(Cl)c1ccc(F)cc1F. The first-order valence-corrected chi connectivity index (χ1v) is 6.24. The van der Waals surface area contributed by atoms with Crippen LogP contribution in [-0.4, -0.2) is 4.92 Å². The third-order valence-electron chi connectivity index (χ3n) is 2.89. The molecule has 20 heavy (non-hydrogen) atoms. The van der Waals surface area contributed by atoms with Crippen LogP contribution in [0.25, 0.3) is 0 Å². The highest BCUT2D eigenvalue weighted by Crippen LogP contribution is 2.30. The molecular formula is C14H10ClF2NO2. The van der Waals surface area contributed by atoms with Gasteiger partial charge >= 0.3 is 0 Å². The van der Waals surface area contributed by atoms with Crippen molar-refractivity contribution in [2.75, 3.05) is 0 Å². The molecule has 0 aliphatic carbocycles. The summed E-state index contributed by atoms with van der Waals surface area (Å²) in [5.41, 5.74) is 0.452. The van der Waals surface area contributed by atoms with E-state index in [1.807, 2.05) is 0 Å². The second kappa shape index (κ2) is 5.96. The van der Waals surface area contributed by atoms with Crippen LogP contribution in [0.5, 0.6) is 0 Å². The Morgan fingerprint density at radius 3 is 2.55 bits per heavy atom. The Hall–Kier alpha value is -2.01. The minimum atomic E-state index is -0.809. The Bertz CT molecular complexity index is 649. The fourth-order valence-corrected chi connectivity index (χ4v) is 2.26. The van der Waals surface area contributed by atoms with Crippen LogP contribution in [0.15, 0.2) is 42.5 Å². The minimum absolute atomic E-state index is 0.0688. The van der Waals surface area contributed by atoms with E-state index >= 15 is 0 Å². The van der Waals surface area contributed by atoms with Crippen LogP contribution in [0, 0.1) is 21.7 Å². The van der Waals surface area contributed by atoms with Crippen LogP contribution in [-0.2, 0) is 6.42 Å². The molecule has 0 bridgehead atoms. The van der Waals surface area contributed by atoms with Crippen molar-refractivity contribution < 1.29 is 13.7 Å². The topological polar surface area (TPSA) is 43.1 Å². The smallest absolute Gasteiger partial charge is 0.258 e. The van der Waals surface area contributed by atoms with Crippen molar-refractivity contribution in [1.29, 1.82) is 0 Å². The molecule has 1 unspecified atom stereocenters. The van der Waals surface area contributed by atoms with E-state index in [4.69, 9.17) is 11.6 Å². The zero-order valence-corrected chi connectivity index (χ0v) is 11.0. The van der Waals surface area contributed by atoms with Crippen molar-refractivity contribution in [3.8, 4) is 0 Å². The molecule has 6 heteroatoms. The predicted octanol–water partition coefficient (Wildman–Crippen LogP) is 4.40. The van der Waals surface area contributed by atoms with Gasteiger partial charge in [-0.1, -0.05) is 24.3 Å². The fraction of sp³-hybridized carbons (Fsp3) is 0.143. The Morgan fingerprint density at radius 2 is 1.90 bits per heavy atom. The fourth-order valence-electron chi connectivity index (χ4n) is 1.92. The van der Waals surface area contributed by atoms with Crippen LogP contribution in [0.4, 0.5) is 14.5 Å². The van der Waals surface area contributed by atoms with Crippen LogP contribution in [0.1, 0.15) is 16.5 Å². The molecule has 3 nitrogen and oxygen atoms in total. The van der Waals surface area contributed by atoms with Gasteiger partial charge in [-0.25, -0.2) is 8.78 Å². The van der Waals surface area contributed by atoms with Gasteiger partial charge in [0.2, 0.25) is 0 Å². The summed E-state index contributed by atoms with van der Waals surface area (Å²) in [5, 5.41) is 10.1. The summed E-state index contributed by atoms with van der Waals surface area (Å²) in [5.74, 6) is -1.45. The summed E-state index contributed by atoms with van der Waals surface area (Å²) in [7, 11) is 0. The molecule has 0 saturated carbocycles. The second-order valence-electron chi connectivity index (χ2n) is 4.22. The molecule has 0 saturated heterocycles. The van der Waals surface area contributed by atoms with Gasteiger partial charge in [0.05, 0.1) is 10.3 Å². The van der Waals surface area contributed by atoms with Gasteiger partial charge in [-0.3, -0.25) is 10.1 Å². The number of nitrogens with zero attached hydrogens (tertiary/aromatic N) is 1. The summed E-state index contributed by atoms with van der Waals surface area (Å²) in [6.45, 7) is 0. The van der Waals surface area contributed by atoms with Crippen molar-refractivity contribution in [2.45, 2.75) is 11.8 Å². The van der Waals surface area contributed by atoms with Crippen molar-refractivity contribution >= 4 is 17.3 Å². The maximum absolute atomic E-state index is 13.6. The largest absolute Gasteiger partial charge is 0.272 e. The van der Waals surface area contributed by atoms with E-state index in [2.05, 4.69) is 0 Å². The van der Waals surface area contributed by atoms with E-state index in [-0.39, 0.29) is 17.7 Å². The van der Waals surface area contributed by atoms with Gasteiger partial charge in [0, 0.05) is 23.3 Å². The van der Waals surface area contributed by atoms with E-state index in [0.717, 1.165) is 12.1 Å². The Labute approximate surface area is 119 Å². The standard InChI is InChI=1S/C14H10ClF2NO2/c15-12(11-6-5-10(16)8-13(11)17)7-9-3-1-2-4-14(9)18(19)20/h1-6,8,12H,7H2. The molecule has 0 aromatic heterocycles.